The quantitative estimate of drug-likeness (QED) is 0.628. The van der Waals surface area contributed by atoms with Gasteiger partial charge in [0.25, 0.3) is 5.92 Å². The van der Waals surface area contributed by atoms with Crippen LogP contribution < -0.4 is 5.32 Å². The minimum atomic E-state index is -2.56. The largest absolute Gasteiger partial charge is 0.308 e. The van der Waals surface area contributed by atoms with Gasteiger partial charge >= 0.3 is 0 Å². The number of alkyl halides is 2. The maximum absolute atomic E-state index is 12.5. The number of carbonyl (C=O) groups excluding carboxylic acids is 1. The molecular weight excluding hydrogens is 152 g/mol. The van der Waals surface area contributed by atoms with Crippen molar-refractivity contribution in [3.05, 3.63) is 0 Å². The fourth-order valence-electron chi connectivity index (χ4n) is 1.27. The summed E-state index contributed by atoms with van der Waals surface area (Å²) in [6, 6.07) is -0.171. The second kappa shape index (κ2) is 3.26. The van der Waals surface area contributed by atoms with Crippen molar-refractivity contribution in [2.24, 2.45) is 0 Å². The number of hydrogen-bond acceptors (Lipinski definition) is 2. The Hall–Kier alpha value is -0.510. The number of rotatable bonds is 3. The first-order valence-corrected chi connectivity index (χ1v) is 3.69. The highest BCUT2D eigenvalue weighted by atomic mass is 19.3. The van der Waals surface area contributed by atoms with Crippen molar-refractivity contribution in [3.8, 4) is 0 Å². The highest BCUT2D eigenvalue weighted by Crippen LogP contribution is 2.26. The van der Waals surface area contributed by atoms with E-state index in [9.17, 15) is 13.6 Å². The van der Waals surface area contributed by atoms with Crippen LogP contribution in [0.4, 0.5) is 8.78 Å². The van der Waals surface area contributed by atoms with Gasteiger partial charge in [-0.3, -0.25) is 0 Å². The van der Waals surface area contributed by atoms with E-state index in [-0.39, 0.29) is 19.0 Å². The molecule has 1 aliphatic heterocycles. The zero-order valence-electron chi connectivity index (χ0n) is 6.15. The Morgan fingerprint density at radius 3 is 2.82 bits per heavy atom. The summed E-state index contributed by atoms with van der Waals surface area (Å²) in [6.45, 7) is -0.240. The molecule has 0 amide bonds. The lowest BCUT2D eigenvalue weighted by Gasteiger charge is -2.06. The van der Waals surface area contributed by atoms with Crippen molar-refractivity contribution in [1.82, 2.24) is 5.32 Å². The maximum atomic E-state index is 12.5. The monoisotopic (exact) mass is 163 g/mol. The molecule has 0 aliphatic carbocycles. The van der Waals surface area contributed by atoms with Crippen LogP contribution >= 0.6 is 0 Å². The standard InChI is InChI=1S/C7H11F2NO/c8-7(9)4-6(10-5-7)2-1-3-11/h3,6,10H,1-2,4-5H2. The molecule has 0 aromatic carbocycles. The van der Waals surface area contributed by atoms with Crippen LogP contribution in [0.25, 0.3) is 0 Å². The van der Waals surface area contributed by atoms with Crippen LogP contribution in [0.15, 0.2) is 0 Å². The molecule has 0 aromatic heterocycles. The highest BCUT2D eigenvalue weighted by molar-refractivity contribution is 5.49. The molecule has 1 saturated heterocycles. The summed E-state index contributed by atoms with van der Waals surface area (Å²) in [5.41, 5.74) is 0. The van der Waals surface area contributed by atoms with Crippen molar-refractivity contribution in [2.45, 2.75) is 31.2 Å². The van der Waals surface area contributed by atoms with Gasteiger partial charge in [-0.2, -0.15) is 0 Å². The maximum Gasteiger partial charge on any atom is 0.261 e. The van der Waals surface area contributed by atoms with Crippen molar-refractivity contribution in [3.63, 3.8) is 0 Å². The number of hydrogen-bond donors (Lipinski definition) is 1. The summed E-state index contributed by atoms with van der Waals surface area (Å²) in [5.74, 6) is -2.56. The molecule has 2 nitrogen and oxygen atoms in total. The lowest BCUT2D eigenvalue weighted by molar-refractivity contribution is -0.108. The summed E-state index contributed by atoms with van der Waals surface area (Å²) in [5, 5.41) is 2.67. The molecule has 4 heteroatoms. The Balaban J connectivity index is 2.24. The Morgan fingerprint density at radius 2 is 2.36 bits per heavy atom. The van der Waals surface area contributed by atoms with Crippen LogP contribution in [0.5, 0.6) is 0 Å². The zero-order valence-corrected chi connectivity index (χ0v) is 6.15. The molecule has 1 atom stereocenters. The topological polar surface area (TPSA) is 29.1 Å². The summed E-state index contributed by atoms with van der Waals surface area (Å²) < 4.78 is 24.9. The van der Waals surface area contributed by atoms with Crippen molar-refractivity contribution < 1.29 is 13.6 Å². The number of nitrogens with one attached hydrogen (secondary N) is 1. The van der Waals surface area contributed by atoms with Gasteiger partial charge in [0.1, 0.15) is 6.29 Å². The van der Waals surface area contributed by atoms with Gasteiger partial charge in [-0.25, -0.2) is 8.78 Å². The Bertz CT molecular complexity index is 149. The van der Waals surface area contributed by atoms with Crippen molar-refractivity contribution in [1.29, 1.82) is 0 Å². The predicted molar refractivity (Wildman–Crippen MR) is 36.7 cm³/mol. The number of halogens is 2. The third-order valence-electron chi connectivity index (χ3n) is 1.83. The van der Waals surface area contributed by atoms with E-state index in [0.717, 1.165) is 6.29 Å². The molecule has 0 aromatic rings. The summed E-state index contributed by atoms with van der Waals surface area (Å²) in [6.07, 6.45) is 1.53. The summed E-state index contributed by atoms with van der Waals surface area (Å²) >= 11 is 0. The Kier molecular flexibility index (Phi) is 2.54. The molecule has 11 heavy (non-hydrogen) atoms. The van der Waals surface area contributed by atoms with Gasteiger partial charge < -0.3 is 10.1 Å². The van der Waals surface area contributed by atoms with Crippen LogP contribution in [-0.2, 0) is 4.79 Å². The van der Waals surface area contributed by atoms with E-state index < -0.39 is 5.92 Å². The number of carbonyl (C=O) groups is 1. The average molecular weight is 163 g/mol. The molecule has 1 rings (SSSR count). The number of aldehydes is 1. The van der Waals surface area contributed by atoms with E-state index in [0.29, 0.717) is 12.8 Å². The molecule has 1 aliphatic rings. The van der Waals surface area contributed by atoms with E-state index in [1.807, 2.05) is 0 Å². The lowest BCUT2D eigenvalue weighted by atomic mass is 10.1. The minimum absolute atomic E-state index is 0.124. The molecular formula is C7H11F2NO. The fourth-order valence-corrected chi connectivity index (χ4v) is 1.27. The Morgan fingerprint density at radius 1 is 1.64 bits per heavy atom. The molecule has 1 unspecified atom stereocenters. The third-order valence-corrected chi connectivity index (χ3v) is 1.83. The van der Waals surface area contributed by atoms with E-state index >= 15 is 0 Å². The van der Waals surface area contributed by atoms with Gasteiger partial charge in [0.05, 0.1) is 6.54 Å². The average Bonchev–Trinajstić information content (AvgIpc) is 2.26. The van der Waals surface area contributed by atoms with Crippen LogP contribution in [0, 0.1) is 0 Å². The first-order valence-electron chi connectivity index (χ1n) is 3.69. The zero-order chi connectivity index (χ0) is 8.32. The van der Waals surface area contributed by atoms with Crippen LogP contribution in [0.1, 0.15) is 19.3 Å². The molecule has 1 N–H and O–H groups in total. The van der Waals surface area contributed by atoms with Crippen LogP contribution in [0.2, 0.25) is 0 Å². The lowest BCUT2D eigenvalue weighted by Crippen LogP contribution is -2.22. The minimum Gasteiger partial charge on any atom is -0.308 e. The van der Waals surface area contributed by atoms with Gasteiger partial charge in [0.2, 0.25) is 0 Å². The SMILES string of the molecule is O=CCCC1CC(F)(F)CN1. The highest BCUT2D eigenvalue weighted by Gasteiger charge is 2.38. The van der Waals surface area contributed by atoms with Gasteiger partial charge in [0, 0.05) is 18.9 Å². The fraction of sp³-hybridized carbons (Fsp3) is 0.857. The molecule has 0 spiro atoms. The normalized spacial score (nSPS) is 28.7. The van der Waals surface area contributed by atoms with Crippen LogP contribution in [0.3, 0.4) is 0 Å². The van der Waals surface area contributed by atoms with E-state index in [4.69, 9.17) is 0 Å². The predicted octanol–water partition coefficient (Wildman–Crippen LogP) is 0.963. The van der Waals surface area contributed by atoms with E-state index in [2.05, 4.69) is 5.32 Å². The second-order valence-electron chi connectivity index (χ2n) is 2.88. The van der Waals surface area contributed by atoms with E-state index in [1.165, 1.54) is 0 Å². The van der Waals surface area contributed by atoms with Gasteiger partial charge in [-0.05, 0) is 6.42 Å². The van der Waals surface area contributed by atoms with Crippen LogP contribution in [-0.4, -0.2) is 24.8 Å². The summed E-state index contributed by atoms with van der Waals surface area (Å²) in [4.78, 5) is 9.91. The first kappa shape index (κ1) is 8.59. The molecule has 0 bridgehead atoms. The first-order chi connectivity index (χ1) is 5.14. The van der Waals surface area contributed by atoms with Gasteiger partial charge in [0.15, 0.2) is 0 Å². The van der Waals surface area contributed by atoms with E-state index in [1.54, 1.807) is 0 Å². The van der Waals surface area contributed by atoms with Crippen molar-refractivity contribution in [2.75, 3.05) is 6.54 Å². The Labute approximate surface area is 64.0 Å². The molecule has 1 fully saturated rings. The van der Waals surface area contributed by atoms with Gasteiger partial charge in [-0.15, -0.1) is 0 Å². The smallest absolute Gasteiger partial charge is 0.261 e. The molecule has 0 saturated carbocycles. The molecule has 1 heterocycles. The summed E-state index contributed by atoms with van der Waals surface area (Å²) in [7, 11) is 0. The van der Waals surface area contributed by atoms with Crippen molar-refractivity contribution >= 4 is 6.29 Å². The molecule has 0 radical (unpaired) electrons. The third kappa shape index (κ3) is 2.54. The van der Waals surface area contributed by atoms with Gasteiger partial charge in [-0.1, -0.05) is 0 Å². The second-order valence-corrected chi connectivity index (χ2v) is 2.88. The molecule has 64 valence electrons.